The second kappa shape index (κ2) is 9.38. The summed E-state index contributed by atoms with van der Waals surface area (Å²) in [5.74, 6) is 0.573. The molecule has 5 aromatic rings. The summed E-state index contributed by atoms with van der Waals surface area (Å²) < 4.78 is 22.3. The van der Waals surface area contributed by atoms with E-state index < -0.39 is 0 Å². The molecule has 0 aliphatic heterocycles. The summed E-state index contributed by atoms with van der Waals surface area (Å²) in [4.78, 5) is 17.2. The van der Waals surface area contributed by atoms with E-state index in [0.29, 0.717) is 17.0 Å². The molecule has 0 radical (unpaired) electrons. The molecule has 0 unspecified atom stereocenters. The molecular weight excluding hydrogens is 447 g/mol. The number of pyridine rings is 1. The van der Waals surface area contributed by atoms with E-state index in [0.717, 1.165) is 28.0 Å². The van der Waals surface area contributed by atoms with E-state index in [1.165, 1.54) is 6.07 Å². The lowest BCUT2D eigenvalue weighted by molar-refractivity contribution is -0.116. The van der Waals surface area contributed by atoms with Gasteiger partial charge < -0.3 is 10.1 Å². The molecule has 0 saturated carbocycles. The van der Waals surface area contributed by atoms with Crippen molar-refractivity contribution in [3.05, 3.63) is 90.1 Å². The zero-order valence-electron chi connectivity index (χ0n) is 19.3. The number of hydrogen-bond acceptors (Lipinski definition) is 5. The highest BCUT2D eigenvalue weighted by atomic mass is 19.1. The third-order valence-corrected chi connectivity index (χ3v) is 5.70. The molecule has 0 bridgehead atoms. The van der Waals surface area contributed by atoms with Crippen LogP contribution in [0.3, 0.4) is 0 Å². The van der Waals surface area contributed by atoms with Crippen LogP contribution in [0.1, 0.15) is 11.3 Å². The normalized spacial score (nSPS) is 11.1. The standard InChI is InChI=1S/C26H23FN6O2/c1-17-25-21(18-7-9-20(35-2)10-8-18)11-13-28-26(25)33(30-17)16-24(34)29-23-12-14-32(31-23)15-19-5-3-4-6-22(19)27/h3-14H,15-16H2,1-2H3,(H,29,31,34). The molecule has 3 aromatic heterocycles. The summed E-state index contributed by atoms with van der Waals surface area (Å²) in [5.41, 5.74) is 3.90. The van der Waals surface area contributed by atoms with E-state index >= 15 is 0 Å². The van der Waals surface area contributed by atoms with E-state index in [1.807, 2.05) is 37.3 Å². The van der Waals surface area contributed by atoms with Gasteiger partial charge in [-0.2, -0.15) is 10.2 Å². The summed E-state index contributed by atoms with van der Waals surface area (Å²) in [5, 5.41) is 12.6. The van der Waals surface area contributed by atoms with Gasteiger partial charge >= 0.3 is 0 Å². The molecule has 0 fully saturated rings. The Morgan fingerprint density at radius 2 is 1.86 bits per heavy atom. The number of carbonyl (C=O) groups is 1. The van der Waals surface area contributed by atoms with Crippen molar-refractivity contribution < 1.29 is 13.9 Å². The topological polar surface area (TPSA) is 86.9 Å². The number of nitrogens with zero attached hydrogens (tertiary/aromatic N) is 5. The largest absolute Gasteiger partial charge is 0.497 e. The van der Waals surface area contributed by atoms with Gasteiger partial charge in [0, 0.05) is 29.4 Å². The van der Waals surface area contributed by atoms with Crippen molar-refractivity contribution in [1.82, 2.24) is 24.5 Å². The Bertz CT molecular complexity index is 1510. The number of benzene rings is 2. The first kappa shape index (κ1) is 22.3. The lowest BCUT2D eigenvalue weighted by Crippen LogP contribution is -2.20. The van der Waals surface area contributed by atoms with Crippen LogP contribution in [0.25, 0.3) is 22.2 Å². The first-order valence-corrected chi connectivity index (χ1v) is 11.0. The Labute approximate surface area is 201 Å². The molecule has 5 rings (SSSR count). The molecule has 3 heterocycles. The van der Waals surface area contributed by atoms with Gasteiger partial charge in [-0.3, -0.25) is 9.48 Å². The van der Waals surface area contributed by atoms with Gasteiger partial charge in [0.2, 0.25) is 5.91 Å². The second-order valence-electron chi connectivity index (χ2n) is 8.07. The minimum atomic E-state index is -0.295. The summed E-state index contributed by atoms with van der Waals surface area (Å²) in [6, 6.07) is 17.9. The summed E-state index contributed by atoms with van der Waals surface area (Å²) in [7, 11) is 1.63. The van der Waals surface area contributed by atoms with E-state index in [1.54, 1.807) is 53.1 Å². The lowest BCUT2D eigenvalue weighted by atomic mass is 10.0. The molecule has 2 aromatic carbocycles. The first-order valence-electron chi connectivity index (χ1n) is 11.0. The quantitative estimate of drug-likeness (QED) is 0.380. The van der Waals surface area contributed by atoms with E-state index in [-0.39, 0.29) is 24.8 Å². The van der Waals surface area contributed by atoms with Gasteiger partial charge in [0.1, 0.15) is 18.1 Å². The fraction of sp³-hybridized carbons (Fsp3) is 0.154. The number of ether oxygens (including phenoxy) is 1. The van der Waals surface area contributed by atoms with E-state index in [9.17, 15) is 9.18 Å². The van der Waals surface area contributed by atoms with Gasteiger partial charge in [-0.05, 0) is 42.3 Å². The summed E-state index contributed by atoms with van der Waals surface area (Å²) >= 11 is 0. The Balaban J connectivity index is 1.33. The minimum absolute atomic E-state index is 0.0242. The number of hydrogen-bond donors (Lipinski definition) is 1. The molecule has 0 saturated heterocycles. The average molecular weight is 471 g/mol. The number of aromatic nitrogens is 5. The van der Waals surface area contributed by atoms with Crippen LogP contribution >= 0.6 is 0 Å². The van der Waals surface area contributed by atoms with Crippen LogP contribution in [-0.2, 0) is 17.9 Å². The van der Waals surface area contributed by atoms with Crippen LogP contribution < -0.4 is 10.1 Å². The third-order valence-electron chi connectivity index (χ3n) is 5.70. The number of aryl methyl sites for hydroxylation is 1. The Morgan fingerprint density at radius 1 is 1.06 bits per heavy atom. The number of anilines is 1. The van der Waals surface area contributed by atoms with Crippen LogP contribution in [0.4, 0.5) is 10.2 Å². The fourth-order valence-corrected chi connectivity index (χ4v) is 4.04. The zero-order chi connectivity index (χ0) is 24.4. The van der Waals surface area contributed by atoms with Crippen molar-refractivity contribution >= 4 is 22.8 Å². The summed E-state index contributed by atoms with van der Waals surface area (Å²) in [6.45, 7) is 2.14. The molecular formula is C26H23FN6O2. The van der Waals surface area contributed by atoms with Gasteiger partial charge in [-0.15, -0.1) is 0 Å². The van der Waals surface area contributed by atoms with Crippen LogP contribution in [0.5, 0.6) is 5.75 Å². The number of carbonyl (C=O) groups excluding carboxylic acids is 1. The molecule has 0 atom stereocenters. The van der Waals surface area contributed by atoms with Crippen molar-refractivity contribution in [1.29, 1.82) is 0 Å². The van der Waals surface area contributed by atoms with Gasteiger partial charge in [0.05, 0.1) is 19.3 Å². The first-order chi connectivity index (χ1) is 17.0. The molecule has 1 amide bonds. The lowest BCUT2D eigenvalue weighted by Gasteiger charge is -2.07. The molecule has 0 aliphatic rings. The molecule has 1 N–H and O–H groups in total. The predicted molar refractivity (Wildman–Crippen MR) is 131 cm³/mol. The van der Waals surface area contributed by atoms with Crippen molar-refractivity contribution in [2.45, 2.75) is 20.0 Å². The molecule has 8 nitrogen and oxygen atoms in total. The highest BCUT2D eigenvalue weighted by Crippen LogP contribution is 2.30. The van der Waals surface area contributed by atoms with Crippen molar-refractivity contribution in [3.8, 4) is 16.9 Å². The third kappa shape index (κ3) is 4.61. The number of fused-ring (bicyclic) bond motifs is 1. The maximum absolute atomic E-state index is 13.9. The van der Waals surface area contributed by atoms with Crippen molar-refractivity contribution in [2.75, 3.05) is 12.4 Å². The van der Waals surface area contributed by atoms with Gasteiger partial charge in [0.15, 0.2) is 11.5 Å². The molecule has 0 spiro atoms. The van der Waals surface area contributed by atoms with E-state index in [4.69, 9.17) is 4.74 Å². The zero-order valence-corrected chi connectivity index (χ0v) is 19.3. The van der Waals surface area contributed by atoms with Crippen LogP contribution in [0, 0.1) is 12.7 Å². The Hall–Kier alpha value is -4.53. The maximum atomic E-state index is 13.9. The highest BCUT2D eigenvalue weighted by Gasteiger charge is 2.16. The number of halogens is 1. The number of methoxy groups -OCH3 is 1. The minimum Gasteiger partial charge on any atom is -0.497 e. The average Bonchev–Trinajstić information content (AvgIpc) is 3.44. The van der Waals surface area contributed by atoms with Crippen LogP contribution in [0.2, 0.25) is 0 Å². The van der Waals surface area contributed by atoms with Crippen LogP contribution in [-0.4, -0.2) is 37.6 Å². The van der Waals surface area contributed by atoms with Crippen molar-refractivity contribution in [2.24, 2.45) is 0 Å². The predicted octanol–water partition coefficient (Wildman–Crippen LogP) is 4.44. The van der Waals surface area contributed by atoms with Gasteiger partial charge in [-0.25, -0.2) is 14.1 Å². The second-order valence-corrected chi connectivity index (χ2v) is 8.07. The molecule has 0 aliphatic carbocycles. The van der Waals surface area contributed by atoms with Gasteiger partial charge in [-0.1, -0.05) is 30.3 Å². The Kier molecular flexibility index (Phi) is 5.97. The SMILES string of the molecule is COc1ccc(-c2ccnc3c2c(C)nn3CC(=O)Nc2ccn(Cc3ccccc3F)n2)cc1. The van der Waals surface area contributed by atoms with Crippen molar-refractivity contribution in [3.63, 3.8) is 0 Å². The van der Waals surface area contributed by atoms with E-state index in [2.05, 4.69) is 20.5 Å². The molecule has 9 heteroatoms. The highest BCUT2D eigenvalue weighted by molar-refractivity contribution is 5.96. The maximum Gasteiger partial charge on any atom is 0.247 e. The number of amides is 1. The summed E-state index contributed by atoms with van der Waals surface area (Å²) in [6.07, 6.45) is 3.40. The monoisotopic (exact) mass is 470 g/mol. The number of rotatable bonds is 7. The van der Waals surface area contributed by atoms with Crippen LogP contribution in [0.15, 0.2) is 73.1 Å². The molecule has 176 valence electrons. The fourth-order valence-electron chi connectivity index (χ4n) is 4.04. The molecule has 35 heavy (non-hydrogen) atoms. The smallest absolute Gasteiger partial charge is 0.247 e. The number of nitrogens with one attached hydrogen (secondary N) is 1. The van der Waals surface area contributed by atoms with Gasteiger partial charge in [0.25, 0.3) is 0 Å². The Morgan fingerprint density at radius 3 is 2.63 bits per heavy atom.